The van der Waals surface area contributed by atoms with Crippen LogP contribution in [-0.2, 0) is 7.05 Å². The van der Waals surface area contributed by atoms with E-state index in [0.717, 1.165) is 33.7 Å². The number of aryl methyl sites for hydroxylation is 1. The zero-order chi connectivity index (χ0) is 25.9. The third-order valence-corrected chi connectivity index (χ3v) is 6.24. The van der Waals surface area contributed by atoms with Gasteiger partial charge in [0.2, 0.25) is 0 Å². The van der Waals surface area contributed by atoms with Crippen molar-refractivity contribution in [1.82, 2.24) is 24.8 Å². The van der Waals surface area contributed by atoms with Crippen LogP contribution in [0.1, 0.15) is 48.7 Å². The van der Waals surface area contributed by atoms with Crippen LogP contribution in [0.2, 0.25) is 0 Å². The Hall–Kier alpha value is -4.33. The second-order valence-electron chi connectivity index (χ2n) is 9.31. The van der Waals surface area contributed by atoms with Crippen molar-refractivity contribution >= 4 is 28.0 Å². The van der Waals surface area contributed by atoms with E-state index in [9.17, 15) is 4.79 Å². The number of hydrogen-bond donors (Lipinski definition) is 2. The molecule has 1 unspecified atom stereocenters. The molecular weight excluding hydrogens is 466 g/mol. The van der Waals surface area contributed by atoms with Crippen molar-refractivity contribution in [3.63, 3.8) is 0 Å². The van der Waals surface area contributed by atoms with Crippen molar-refractivity contribution < 1.29 is 14.3 Å². The minimum Gasteiger partial charge on any atom is -0.488 e. The van der Waals surface area contributed by atoms with Gasteiger partial charge >= 0.3 is 0 Å². The number of carbonyl (C=O) groups excluding carboxylic acids is 1. The number of fused-ring (bicyclic) bond motifs is 2. The number of H-pyrrole nitrogens is 1. The molecule has 2 aromatic heterocycles. The number of benzene rings is 3. The minimum atomic E-state index is -0.162. The van der Waals surface area contributed by atoms with E-state index in [4.69, 9.17) is 19.4 Å². The van der Waals surface area contributed by atoms with Crippen LogP contribution in [0.3, 0.4) is 0 Å². The maximum Gasteiger partial charge on any atom is 0.251 e. The molecule has 37 heavy (non-hydrogen) atoms. The molecule has 5 rings (SSSR count). The molecule has 0 saturated heterocycles. The van der Waals surface area contributed by atoms with Gasteiger partial charge in [-0.15, -0.1) is 0 Å². The van der Waals surface area contributed by atoms with Gasteiger partial charge in [0, 0.05) is 12.6 Å². The number of amides is 1. The molecule has 0 aliphatic carbocycles. The zero-order valence-electron chi connectivity index (χ0n) is 21.5. The fourth-order valence-electron chi connectivity index (χ4n) is 4.39. The molecular formula is C29H31N5O3. The van der Waals surface area contributed by atoms with E-state index >= 15 is 0 Å². The normalized spacial score (nSPS) is 12.2. The molecule has 1 atom stereocenters. The molecule has 190 valence electrons. The van der Waals surface area contributed by atoms with E-state index in [2.05, 4.69) is 17.2 Å². The Morgan fingerprint density at radius 3 is 2.51 bits per heavy atom. The number of nitrogens with one attached hydrogen (secondary N) is 2. The Morgan fingerprint density at radius 1 is 0.973 bits per heavy atom. The average Bonchev–Trinajstić information content (AvgIpc) is 3.47. The molecule has 0 fully saturated rings. The van der Waals surface area contributed by atoms with Crippen molar-refractivity contribution in [3.05, 3.63) is 83.9 Å². The Morgan fingerprint density at radius 2 is 1.73 bits per heavy atom. The Kier molecular flexibility index (Phi) is 6.81. The third-order valence-electron chi connectivity index (χ3n) is 6.24. The molecule has 3 aromatic carbocycles. The Labute approximate surface area is 215 Å². The van der Waals surface area contributed by atoms with Gasteiger partial charge in [0.1, 0.15) is 18.3 Å². The van der Waals surface area contributed by atoms with Crippen LogP contribution in [0.5, 0.6) is 11.5 Å². The van der Waals surface area contributed by atoms with Gasteiger partial charge in [-0.05, 0) is 63.2 Å². The number of para-hydroxylation sites is 4. The molecule has 0 spiro atoms. The van der Waals surface area contributed by atoms with Crippen molar-refractivity contribution in [3.8, 4) is 11.5 Å². The lowest BCUT2D eigenvalue weighted by Crippen LogP contribution is -2.28. The number of hydrogen-bond acceptors (Lipinski definition) is 5. The number of nitrogens with zero attached hydrogens (tertiary/aromatic N) is 3. The zero-order valence-corrected chi connectivity index (χ0v) is 21.5. The molecule has 5 aromatic rings. The lowest BCUT2D eigenvalue weighted by Gasteiger charge is -2.15. The minimum absolute atomic E-state index is 0.0400. The van der Waals surface area contributed by atoms with Crippen molar-refractivity contribution in [2.45, 2.75) is 32.8 Å². The van der Waals surface area contributed by atoms with Gasteiger partial charge in [0.05, 0.1) is 40.6 Å². The topological polar surface area (TPSA) is 94.1 Å². The molecule has 0 saturated carbocycles. The van der Waals surface area contributed by atoms with Crippen molar-refractivity contribution in [2.75, 3.05) is 13.2 Å². The first-order chi connectivity index (χ1) is 17.9. The van der Waals surface area contributed by atoms with Gasteiger partial charge in [-0.3, -0.25) is 4.79 Å². The average molecular weight is 498 g/mol. The summed E-state index contributed by atoms with van der Waals surface area (Å²) in [4.78, 5) is 25.8. The van der Waals surface area contributed by atoms with E-state index in [1.165, 1.54) is 0 Å². The van der Waals surface area contributed by atoms with Crippen LogP contribution < -0.4 is 14.8 Å². The van der Waals surface area contributed by atoms with E-state index in [1.54, 1.807) is 6.07 Å². The number of imidazole rings is 2. The number of aromatic amines is 1. The third kappa shape index (κ3) is 5.14. The summed E-state index contributed by atoms with van der Waals surface area (Å²) in [5, 5.41) is 2.93. The summed E-state index contributed by atoms with van der Waals surface area (Å²) >= 11 is 0. The highest BCUT2D eigenvalue weighted by Gasteiger charge is 2.20. The predicted molar refractivity (Wildman–Crippen MR) is 144 cm³/mol. The lowest BCUT2D eigenvalue weighted by atomic mass is 10.1. The van der Waals surface area contributed by atoms with Gasteiger partial charge in [-0.1, -0.05) is 24.3 Å². The summed E-state index contributed by atoms with van der Waals surface area (Å²) in [7, 11) is 1.97. The smallest absolute Gasteiger partial charge is 0.251 e. The van der Waals surface area contributed by atoms with Crippen molar-refractivity contribution in [2.24, 2.45) is 7.05 Å². The van der Waals surface area contributed by atoms with Crippen LogP contribution in [0, 0.1) is 0 Å². The second kappa shape index (κ2) is 10.3. The summed E-state index contributed by atoms with van der Waals surface area (Å²) in [6, 6.07) is 21.1. The molecule has 0 bridgehead atoms. The second-order valence-corrected chi connectivity index (χ2v) is 9.31. The molecule has 0 aliphatic heterocycles. The van der Waals surface area contributed by atoms with Crippen LogP contribution in [0.4, 0.5) is 0 Å². The summed E-state index contributed by atoms with van der Waals surface area (Å²) in [6.07, 6.45) is 0.0496. The van der Waals surface area contributed by atoms with Crippen LogP contribution in [0.25, 0.3) is 22.1 Å². The quantitative estimate of drug-likeness (QED) is 0.273. The predicted octanol–water partition coefficient (Wildman–Crippen LogP) is 5.20. The summed E-state index contributed by atoms with van der Waals surface area (Å²) < 4.78 is 13.7. The first kappa shape index (κ1) is 24.4. The van der Waals surface area contributed by atoms with E-state index in [-0.39, 0.29) is 17.9 Å². The van der Waals surface area contributed by atoms with Crippen LogP contribution >= 0.6 is 0 Å². The number of ether oxygens (including phenoxy) is 2. The Bertz CT molecular complexity index is 1520. The summed E-state index contributed by atoms with van der Waals surface area (Å²) in [5.41, 5.74) is 4.23. The first-order valence-corrected chi connectivity index (χ1v) is 12.5. The molecule has 1 amide bonds. The highest BCUT2D eigenvalue weighted by Crippen LogP contribution is 2.28. The Balaban J connectivity index is 1.25. The first-order valence-electron chi connectivity index (χ1n) is 12.5. The van der Waals surface area contributed by atoms with Gasteiger partial charge in [-0.2, -0.15) is 0 Å². The number of carbonyl (C=O) groups is 1. The van der Waals surface area contributed by atoms with Gasteiger partial charge < -0.3 is 24.3 Å². The maximum atomic E-state index is 12.8. The monoisotopic (exact) mass is 497 g/mol. The molecule has 2 N–H and O–H groups in total. The van der Waals surface area contributed by atoms with Gasteiger partial charge in [0.15, 0.2) is 11.5 Å². The highest BCUT2D eigenvalue weighted by atomic mass is 16.5. The van der Waals surface area contributed by atoms with Crippen LogP contribution in [-0.4, -0.2) is 44.7 Å². The molecule has 2 heterocycles. The fourth-order valence-corrected chi connectivity index (χ4v) is 4.39. The van der Waals surface area contributed by atoms with E-state index < -0.39 is 0 Å². The van der Waals surface area contributed by atoms with Gasteiger partial charge in [-0.25, -0.2) is 9.97 Å². The van der Waals surface area contributed by atoms with Crippen molar-refractivity contribution in [1.29, 1.82) is 0 Å². The van der Waals surface area contributed by atoms with Crippen LogP contribution in [0.15, 0.2) is 66.7 Å². The highest BCUT2D eigenvalue weighted by molar-refractivity contribution is 5.97. The molecule has 8 heteroatoms. The SMILES string of the molecule is CC(C)Oc1ccccc1OCCNC(=O)c1ccc2nc(C(C)c3nc4ccccc4[nH]3)n(C)c2c1. The standard InChI is InChI=1S/C29H31N5O3/c1-18(2)37-26-12-8-7-11-25(26)36-16-15-30-29(35)20-13-14-23-24(17-20)34(4)28(33-23)19(3)27-31-21-9-5-6-10-22(21)32-27/h5-14,17-19H,15-16H2,1-4H3,(H,30,35)(H,31,32). The summed E-state index contributed by atoms with van der Waals surface area (Å²) in [6.45, 7) is 6.72. The van der Waals surface area contributed by atoms with Gasteiger partial charge in [0.25, 0.3) is 5.91 Å². The number of aromatic nitrogens is 4. The molecule has 0 radical (unpaired) electrons. The fraction of sp³-hybridized carbons (Fsp3) is 0.276. The lowest BCUT2D eigenvalue weighted by molar-refractivity contribution is 0.0946. The largest absolute Gasteiger partial charge is 0.488 e. The molecule has 0 aliphatic rings. The summed E-state index contributed by atoms with van der Waals surface area (Å²) in [5.74, 6) is 2.89. The number of rotatable bonds is 9. The maximum absolute atomic E-state index is 12.8. The van der Waals surface area contributed by atoms with E-state index in [1.807, 2.05) is 86.1 Å². The molecule has 8 nitrogen and oxygen atoms in total. The van der Waals surface area contributed by atoms with E-state index in [0.29, 0.717) is 30.2 Å².